The molecule has 0 aliphatic carbocycles. The van der Waals surface area contributed by atoms with Crippen LogP contribution in [0.15, 0.2) is 0 Å². The van der Waals surface area contributed by atoms with Crippen molar-refractivity contribution < 1.29 is 9.53 Å². The molecule has 0 aliphatic heterocycles. The minimum Gasteiger partial charge on any atom is -0.469 e. The minimum atomic E-state index is -0.105. The van der Waals surface area contributed by atoms with Gasteiger partial charge in [-0.25, -0.2) is 0 Å². The van der Waals surface area contributed by atoms with E-state index in [0.717, 1.165) is 6.42 Å². The van der Waals surface area contributed by atoms with Crippen molar-refractivity contribution in [1.29, 1.82) is 0 Å². The van der Waals surface area contributed by atoms with Crippen LogP contribution < -0.4 is 0 Å². The van der Waals surface area contributed by atoms with E-state index < -0.39 is 0 Å². The van der Waals surface area contributed by atoms with Crippen LogP contribution in [-0.2, 0) is 9.53 Å². The van der Waals surface area contributed by atoms with Gasteiger partial charge in [0, 0.05) is 6.42 Å². The molecule has 0 unspecified atom stereocenters. The molecule has 12 heavy (non-hydrogen) atoms. The molecule has 1 atom stereocenters. The monoisotopic (exact) mass is 172 g/mol. The molecule has 0 spiro atoms. The summed E-state index contributed by atoms with van der Waals surface area (Å²) >= 11 is 0. The summed E-state index contributed by atoms with van der Waals surface area (Å²) in [5.41, 5.74) is 0.299. The number of esters is 1. The fourth-order valence-electron chi connectivity index (χ4n) is 1.49. The quantitative estimate of drug-likeness (QED) is 0.612. The van der Waals surface area contributed by atoms with E-state index in [4.69, 9.17) is 0 Å². The zero-order valence-electron chi connectivity index (χ0n) is 8.81. The summed E-state index contributed by atoms with van der Waals surface area (Å²) in [5.74, 6) is 0.309. The zero-order valence-corrected chi connectivity index (χ0v) is 8.81. The van der Waals surface area contributed by atoms with E-state index in [1.165, 1.54) is 7.11 Å². The fourth-order valence-corrected chi connectivity index (χ4v) is 1.49. The van der Waals surface area contributed by atoms with Crippen molar-refractivity contribution in [2.75, 3.05) is 7.11 Å². The molecule has 0 N–H and O–H groups in total. The fraction of sp³-hybridized carbons (Fsp3) is 0.900. The van der Waals surface area contributed by atoms with Crippen molar-refractivity contribution in [2.45, 2.75) is 40.5 Å². The predicted octanol–water partition coefficient (Wildman–Crippen LogP) is 2.62. The first-order valence-electron chi connectivity index (χ1n) is 4.42. The second-order valence-electron chi connectivity index (χ2n) is 4.65. The van der Waals surface area contributed by atoms with Gasteiger partial charge in [-0.1, -0.05) is 27.7 Å². The summed E-state index contributed by atoms with van der Waals surface area (Å²) in [5, 5.41) is 0. The Morgan fingerprint density at radius 1 is 1.42 bits per heavy atom. The van der Waals surface area contributed by atoms with Gasteiger partial charge in [0.2, 0.25) is 0 Å². The first-order chi connectivity index (χ1) is 5.35. The number of ether oxygens (including phenoxy) is 1. The van der Waals surface area contributed by atoms with E-state index in [1.807, 2.05) is 0 Å². The van der Waals surface area contributed by atoms with E-state index in [9.17, 15) is 4.79 Å². The number of methoxy groups -OCH3 is 1. The van der Waals surface area contributed by atoms with Crippen LogP contribution >= 0.6 is 0 Å². The van der Waals surface area contributed by atoms with Crippen molar-refractivity contribution in [3.05, 3.63) is 0 Å². The van der Waals surface area contributed by atoms with Crippen molar-refractivity contribution in [3.63, 3.8) is 0 Å². The summed E-state index contributed by atoms with van der Waals surface area (Å²) in [6, 6.07) is 0. The number of hydrogen-bond acceptors (Lipinski definition) is 2. The van der Waals surface area contributed by atoms with E-state index in [-0.39, 0.29) is 5.97 Å². The topological polar surface area (TPSA) is 26.3 Å². The van der Waals surface area contributed by atoms with E-state index >= 15 is 0 Å². The summed E-state index contributed by atoms with van der Waals surface area (Å²) < 4.78 is 4.60. The third kappa shape index (κ3) is 6.20. The van der Waals surface area contributed by atoms with Crippen LogP contribution in [0.2, 0.25) is 0 Å². The highest BCUT2D eigenvalue weighted by molar-refractivity contribution is 5.69. The summed E-state index contributed by atoms with van der Waals surface area (Å²) in [7, 11) is 1.44. The van der Waals surface area contributed by atoms with Crippen molar-refractivity contribution >= 4 is 5.97 Å². The average molecular weight is 172 g/mol. The van der Waals surface area contributed by atoms with Gasteiger partial charge >= 0.3 is 5.97 Å². The second kappa shape index (κ2) is 4.48. The zero-order chi connectivity index (χ0) is 9.78. The molecule has 0 aliphatic rings. The Bertz CT molecular complexity index is 144. The Balaban J connectivity index is 3.74. The van der Waals surface area contributed by atoms with E-state index in [0.29, 0.717) is 17.8 Å². The minimum absolute atomic E-state index is 0.105. The molecule has 0 heterocycles. The molecule has 0 radical (unpaired) electrons. The van der Waals surface area contributed by atoms with Crippen LogP contribution in [0.1, 0.15) is 40.5 Å². The van der Waals surface area contributed by atoms with Gasteiger partial charge in [0.25, 0.3) is 0 Å². The Hall–Kier alpha value is -0.530. The van der Waals surface area contributed by atoms with Crippen LogP contribution in [-0.4, -0.2) is 13.1 Å². The number of carbonyl (C=O) groups is 1. The molecular formula is C10H20O2. The maximum atomic E-state index is 10.9. The smallest absolute Gasteiger partial charge is 0.305 e. The van der Waals surface area contributed by atoms with Crippen LogP contribution in [0.3, 0.4) is 0 Å². The predicted molar refractivity (Wildman–Crippen MR) is 49.9 cm³/mol. The van der Waals surface area contributed by atoms with Gasteiger partial charge in [0.1, 0.15) is 0 Å². The SMILES string of the molecule is COC(=O)C[C@@H](C)CC(C)(C)C. The molecular weight excluding hydrogens is 152 g/mol. The highest BCUT2D eigenvalue weighted by atomic mass is 16.5. The lowest BCUT2D eigenvalue weighted by atomic mass is 9.84. The maximum absolute atomic E-state index is 10.9. The Morgan fingerprint density at radius 2 is 1.92 bits per heavy atom. The number of carbonyl (C=O) groups excluding carboxylic acids is 1. The van der Waals surface area contributed by atoms with Gasteiger partial charge in [-0.15, -0.1) is 0 Å². The van der Waals surface area contributed by atoms with Gasteiger partial charge in [-0.3, -0.25) is 4.79 Å². The van der Waals surface area contributed by atoms with Crippen LogP contribution in [0.25, 0.3) is 0 Å². The molecule has 0 saturated heterocycles. The van der Waals surface area contributed by atoms with Crippen molar-refractivity contribution in [1.82, 2.24) is 0 Å². The third-order valence-corrected chi connectivity index (χ3v) is 1.70. The Morgan fingerprint density at radius 3 is 2.25 bits per heavy atom. The average Bonchev–Trinajstić information content (AvgIpc) is 1.82. The summed E-state index contributed by atoms with van der Waals surface area (Å²) in [6.07, 6.45) is 1.59. The highest BCUT2D eigenvalue weighted by Crippen LogP contribution is 2.25. The lowest BCUT2D eigenvalue weighted by Gasteiger charge is -2.22. The van der Waals surface area contributed by atoms with Crippen LogP contribution in [0.5, 0.6) is 0 Å². The Labute approximate surface area is 75.3 Å². The Kier molecular flexibility index (Phi) is 4.29. The van der Waals surface area contributed by atoms with Gasteiger partial charge < -0.3 is 4.74 Å². The second-order valence-corrected chi connectivity index (χ2v) is 4.65. The molecule has 0 bridgehead atoms. The lowest BCUT2D eigenvalue weighted by molar-refractivity contribution is -0.141. The van der Waals surface area contributed by atoms with Crippen LogP contribution in [0.4, 0.5) is 0 Å². The molecule has 0 aromatic rings. The molecule has 2 heteroatoms. The lowest BCUT2D eigenvalue weighted by Crippen LogP contribution is -2.14. The molecule has 0 aromatic carbocycles. The first kappa shape index (κ1) is 11.5. The molecule has 2 nitrogen and oxygen atoms in total. The normalized spacial score (nSPS) is 14.1. The van der Waals surface area contributed by atoms with Gasteiger partial charge in [-0.2, -0.15) is 0 Å². The summed E-state index contributed by atoms with van der Waals surface area (Å²) in [4.78, 5) is 10.9. The largest absolute Gasteiger partial charge is 0.469 e. The van der Waals surface area contributed by atoms with E-state index in [1.54, 1.807) is 0 Å². The standard InChI is InChI=1S/C10H20O2/c1-8(6-9(11)12-5)7-10(2,3)4/h8H,6-7H2,1-5H3/t8-/m1/s1. The molecule has 0 amide bonds. The van der Waals surface area contributed by atoms with Crippen LogP contribution in [0, 0.1) is 11.3 Å². The maximum Gasteiger partial charge on any atom is 0.305 e. The highest BCUT2D eigenvalue weighted by Gasteiger charge is 2.17. The number of hydrogen-bond donors (Lipinski definition) is 0. The van der Waals surface area contributed by atoms with Crippen molar-refractivity contribution in [2.24, 2.45) is 11.3 Å². The molecule has 0 fully saturated rings. The first-order valence-corrected chi connectivity index (χ1v) is 4.42. The van der Waals surface area contributed by atoms with Gasteiger partial charge in [0.05, 0.1) is 7.11 Å². The number of rotatable bonds is 3. The van der Waals surface area contributed by atoms with Gasteiger partial charge in [0.15, 0.2) is 0 Å². The third-order valence-electron chi connectivity index (χ3n) is 1.70. The van der Waals surface area contributed by atoms with E-state index in [2.05, 4.69) is 32.4 Å². The molecule has 0 saturated carbocycles. The molecule has 72 valence electrons. The molecule has 0 aromatic heterocycles. The van der Waals surface area contributed by atoms with Crippen molar-refractivity contribution in [3.8, 4) is 0 Å². The molecule has 0 rings (SSSR count). The summed E-state index contributed by atoms with van der Waals surface area (Å²) in [6.45, 7) is 8.63. The van der Waals surface area contributed by atoms with Gasteiger partial charge in [-0.05, 0) is 17.8 Å².